The lowest BCUT2D eigenvalue weighted by atomic mass is 10.2. The molecule has 1 aromatic heterocycles. The first kappa shape index (κ1) is 22.0. The first-order valence-electron chi connectivity index (χ1n) is 9.24. The van der Waals surface area contributed by atoms with Crippen LogP contribution in [-0.2, 0) is 10.0 Å². The van der Waals surface area contributed by atoms with Crippen molar-refractivity contribution in [3.63, 3.8) is 0 Å². The van der Waals surface area contributed by atoms with Gasteiger partial charge >= 0.3 is 0 Å². The molecule has 0 saturated carbocycles. The van der Waals surface area contributed by atoms with Crippen LogP contribution in [0.4, 0.5) is 10.8 Å². The van der Waals surface area contributed by atoms with Gasteiger partial charge in [0.1, 0.15) is 0 Å². The lowest BCUT2D eigenvalue weighted by Crippen LogP contribution is -2.48. The monoisotopic (exact) mass is 497 g/mol. The number of anilines is 2. The van der Waals surface area contributed by atoms with Crippen molar-refractivity contribution < 1.29 is 13.2 Å². The van der Waals surface area contributed by atoms with Gasteiger partial charge < -0.3 is 4.90 Å². The number of benzene rings is 2. The average Bonchev–Trinajstić information content (AvgIpc) is 3.24. The van der Waals surface area contributed by atoms with Crippen LogP contribution in [0.3, 0.4) is 0 Å². The highest BCUT2D eigenvalue weighted by atomic mass is 35.5. The van der Waals surface area contributed by atoms with Gasteiger partial charge in [0.05, 0.1) is 10.6 Å². The number of aromatic nitrogens is 2. The number of rotatable bonds is 5. The number of halogens is 2. The number of carbonyl (C=O) groups excluding carboxylic acids is 1. The van der Waals surface area contributed by atoms with Crippen LogP contribution in [0, 0.1) is 0 Å². The molecule has 31 heavy (non-hydrogen) atoms. The fourth-order valence-electron chi connectivity index (χ4n) is 3.14. The fraction of sp³-hybridized carbons (Fsp3) is 0.211. The third-order valence-electron chi connectivity index (χ3n) is 4.72. The van der Waals surface area contributed by atoms with Gasteiger partial charge in [-0.25, -0.2) is 8.42 Å². The molecular weight excluding hydrogens is 481 g/mol. The zero-order valence-electron chi connectivity index (χ0n) is 16.0. The smallest absolute Gasteiger partial charge is 0.272 e. The summed E-state index contributed by atoms with van der Waals surface area (Å²) in [5.41, 5.74) is 1.25. The lowest BCUT2D eigenvalue weighted by Gasteiger charge is -2.34. The maximum Gasteiger partial charge on any atom is 0.272 e. The molecule has 4 rings (SSSR count). The molecule has 0 atom stereocenters. The van der Waals surface area contributed by atoms with Gasteiger partial charge in [0.15, 0.2) is 0 Å². The summed E-state index contributed by atoms with van der Waals surface area (Å²) in [6.45, 7) is 1.80. The van der Waals surface area contributed by atoms with Gasteiger partial charge in [0, 0.05) is 36.9 Å². The number of amides is 1. The van der Waals surface area contributed by atoms with Gasteiger partial charge in [-0.3, -0.25) is 10.1 Å². The van der Waals surface area contributed by atoms with E-state index in [1.807, 2.05) is 30.3 Å². The molecule has 2 heterocycles. The van der Waals surface area contributed by atoms with Crippen molar-refractivity contribution in [1.29, 1.82) is 0 Å². The van der Waals surface area contributed by atoms with Crippen LogP contribution in [0.1, 0.15) is 10.4 Å². The number of nitrogens with zero attached hydrogens (tertiary/aromatic N) is 4. The van der Waals surface area contributed by atoms with Crippen LogP contribution >= 0.6 is 34.5 Å². The van der Waals surface area contributed by atoms with Crippen LogP contribution in [0.5, 0.6) is 0 Å². The fourth-order valence-corrected chi connectivity index (χ4v) is 6.09. The minimum atomic E-state index is -3.80. The molecule has 1 aliphatic rings. The first-order chi connectivity index (χ1) is 14.8. The Morgan fingerprint density at radius 2 is 1.71 bits per heavy atom. The third-order valence-corrected chi connectivity index (χ3v) is 8.35. The molecule has 1 fully saturated rings. The minimum Gasteiger partial charge on any atom is -0.369 e. The summed E-state index contributed by atoms with van der Waals surface area (Å²) in [5.74, 6) is -0.529. The van der Waals surface area contributed by atoms with Crippen LogP contribution < -0.4 is 10.2 Å². The summed E-state index contributed by atoms with van der Waals surface area (Å²) in [4.78, 5) is 14.5. The van der Waals surface area contributed by atoms with Gasteiger partial charge in [-0.1, -0.05) is 52.7 Å². The largest absolute Gasteiger partial charge is 0.369 e. The molecule has 0 bridgehead atoms. The standard InChI is InChI=1S/C19H17Cl2N5O3S2/c20-13-6-7-15(16(21)12-13)17(27)22-18-23-24-19(30-18)31(28,29)26-10-8-25(9-11-26)14-4-2-1-3-5-14/h1-7,12H,8-11H2,(H,22,23,27). The molecule has 1 aliphatic heterocycles. The number of carbonyl (C=O) groups is 1. The highest BCUT2D eigenvalue weighted by Crippen LogP contribution is 2.27. The second kappa shape index (κ2) is 9.09. The van der Waals surface area contributed by atoms with Gasteiger partial charge in [-0.2, -0.15) is 4.31 Å². The summed E-state index contributed by atoms with van der Waals surface area (Å²) in [5, 5.41) is 10.8. The number of nitrogens with one attached hydrogen (secondary N) is 1. The molecule has 1 N–H and O–H groups in total. The second-order valence-electron chi connectivity index (χ2n) is 6.68. The van der Waals surface area contributed by atoms with Crippen molar-refractivity contribution in [2.24, 2.45) is 0 Å². The maximum absolute atomic E-state index is 13.0. The second-order valence-corrected chi connectivity index (χ2v) is 10.6. The van der Waals surface area contributed by atoms with E-state index in [4.69, 9.17) is 23.2 Å². The van der Waals surface area contributed by atoms with E-state index in [1.54, 1.807) is 0 Å². The Hall–Kier alpha value is -2.24. The Labute approximate surface area is 193 Å². The zero-order valence-corrected chi connectivity index (χ0v) is 19.2. The maximum atomic E-state index is 13.0. The van der Waals surface area contributed by atoms with Crippen molar-refractivity contribution >= 4 is 61.3 Å². The lowest BCUT2D eigenvalue weighted by molar-refractivity contribution is 0.102. The summed E-state index contributed by atoms with van der Waals surface area (Å²) < 4.78 is 27.1. The number of hydrogen-bond donors (Lipinski definition) is 1. The Bertz CT molecular complexity index is 1200. The normalized spacial score (nSPS) is 15.1. The Kier molecular flexibility index (Phi) is 6.44. The summed E-state index contributed by atoms with van der Waals surface area (Å²) in [6, 6.07) is 14.3. The minimum absolute atomic E-state index is 0.0671. The van der Waals surface area contributed by atoms with E-state index in [-0.39, 0.29) is 20.1 Å². The number of piperazine rings is 1. The van der Waals surface area contributed by atoms with Crippen molar-refractivity contribution in [3.8, 4) is 0 Å². The molecule has 162 valence electrons. The third kappa shape index (κ3) is 4.83. The predicted octanol–water partition coefficient (Wildman–Crippen LogP) is 3.61. The molecule has 1 amide bonds. The molecule has 1 saturated heterocycles. The summed E-state index contributed by atoms with van der Waals surface area (Å²) in [6.07, 6.45) is 0. The molecule has 0 unspecified atom stereocenters. The molecule has 0 spiro atoms. The van der Waals surface area contributed by atoms with Crippen LogP contribution in [0.2, 0.25) is 10.0 Å². The van der Waals surface area contributed by atoms with Crippen LogP contribution in [-0.4, -0.2) is 55.0 Å². The highest BCUT2D eigenvalue weighted by Gasteiger charge is 2.32. The van der Waals surface area contributed by atoms with Crippen LogP contribution in [0.15, 0.2) is 52.9 Å². The zero-order chi connectivity index (χ0) is 22.0. The highest BCUT2D eigenvalue weighted by molar-refractivity contribution is 7.91. The SMILES string of the molecule is O=C(Nc1nnc(S(=O)(=O)N2CCN(c3ccccc3)CC2)s1)c1ccc(Cl)cc1Cl. The molecule has 2 aromatic carbocycles. The topological polar surface area (TPSA) is 95.5 Å². The van der Waals surface area contributed by atoms with E-state index in [2.05, 4.69) is 20.4 Å². The number of para-hydroxylation sites is 1. The number of hydrogen-bond acceptors (Lipinski definition) is 7. The molecule has 3 aromatic rings. The van der Waals surface area contributed by atoms with Crippen molar-refractivity contribution in [1.82, 2.24) is 14.5 Å². The first-order valence-corrected chi connectivity index (χ1v) is 12.3. The Morgan fingerprint density at radius 1 is 1.00 bits per heavy atom. The summed E-state index contributed by atoms with van der Waals surface area (Å²) >= 11 is 12.7. The van der Waals surface area contributed by atoms with Crippen molar-refractivity contribution in [2.75, 3.05) is 36.4 Å². The molecular formula is C19H17Cl2N5O3S2. The number of sulfonamides is 1. The molecule has 12 heteroatoms. The Balaban J connectivity index is 1.43. The van der Waals surface area contributed by atoms with E-state index >= 15 is 0 Å². The predicted molar refractivity (Wildman–Crippen MR) is 122 cm³/mol. The van der Waals surface area contributed by atoms with E-state index < -0.39 is 15.9 Å². The van der Waals surface area contributed by atoms with Crippen molar-refractivity contribution in [3.05, 3.63) is 64.1 Å². The van der Waals surface area contributed by atoms with Gasteiger partial charge in [0.2, 0.25) is 9.47 Å². The molecule has 8 nitrogen and oxygen atoms in total. The van der Waals surface area contributed by atoms with Crippen LogP contribution in [0.25, 0.3) is 0 Å². The summed E-state index contributed by atoms with van der Waals surface area (Å²) in [7, 11) is -3.80. The molecule has 0 radical (unpaired) electrons. The van der Waals surface area contributed by atoms with E-state index in [0.717, 1.165) is 17.0 Å². The van der Waals surface area contributed by atoms with E-state index in [9.17, 15) is 13.2 Å². The Morgan fingerprint density at radius 3 is 2.39 bits per heavy atom. The molecule has 0 aliphatic carbocycles. The quantitative estimate of drug-likeness (QED) is 0.540. The van der Waals surface area contributed by atoms with E-state index in [1.165, 1.54) is 22.5 Å². The van der Waals surface area contributed by atoms with E-state index in [0.29, 0.717) is 31.2 Å². The van der Waals surface area contributed by atoms with Crippen molar-refractivity contribution in [2.45, 2.75) is 4.34 Å². The van der Waals surface area contributed by atoms with Gasteiger partial charge in [-0.15, -0.1) is 10.2 Å². The van der Waals surface area contributed by atoms with Gasteiger partial charge in [0.25, 0.3) is 15.9 Å². The van der Waals surface area contributed by atoms with Gasteiger partial charge in [-0.05, 0) is 30.3 Å². The average molecular weight is 498 g/mol.